The van der Waals surface area contributed by atoms with Crippen molar-refractivity contribution < 1.29 is 14.6 Å². The number of hydrogen-bond donors (Lipinski definition) is 2. The molecule has 0 unspecified atom stereocenters. The Bertz CT molecular complexity index is 796. The molecular formula is C21H27ClN2O3. The second kappa shape index (κ2) is 6.10. The number of rotatable bonds is 3. The van der Waals surface area contributed by atoms with Gasteiger partial charge in [-0.1, -0.05) is 17.7 Å². The van der Waals surface area contributed by atoms with Crippen LogP contribution in [0.2, 0.25) is 5.02 Å². The molecule has 0 spiro atoms. The highest BCUT2D eigenvalue weighted by molar-refractivity contribution is 6.33. The number of piperidine rings is 1. The summed E-state index contributed by atoms with van der Waals surface area (Å²) < 4.78 is 5.47. The van der Waals surface area contributed by atoms with E-state index in [1.807, 2.05) is 6.07 Å². The summed E-state index contributed by atoms with van der Waals surface area (Å²) in [6.07, 6.45) is 4.98. The van der Waals surface area contributed by atoms with Gasteiger partial charge >= 0.3 is 0 Å². The fraction of sp³-hybridized carbons (Fsp3) is 0.667. The minimum Gasteiger partial charge on any atom is -0.495 e. The smallest absolute Gasteiger partial charge is 0.221 e. The molecule has 2 saturated heterocycles. The van der Waals surface area contributed by atoms with Gasteiger partial charge in [0.05, 0.1) is 17.7 Å². The number of amides is 1. The van der Waals surface area contributed by atoms with Gasteiger partial charge in [-0.2, -0.15) is 0 Å². The number of hydrogen-bond acceptors (Lipinski definition) is 4. The number of carbonyl (C=O) groups is 1. The molecule has 1 aromatic rings. The average molecular weight is 391 g/mol. The molecule has 1 amide bonds. The van der Waals surface area contributed by atoms with E-state index in [1.54, 1.807) is 7.11 Å². The van der Waals surface area contributed by atoms with Gasteiger partial charge in [-0.25, -0.2) is 0 Å². The molecule has 5 nitrogen and oxygen atoms in total. The van der Waals surface area contributed by atoms with Crippen LogP contribution < -0.4 is 10.1 Å². The largest absolute Gasteiger partial charge is 0.495 e. The minimum absolute atomic E-state index is 0.00653. The summed E-state index contributed by atoms with van der Waals surface area (Å²) in [6, 6.07) is 4.04. The van der Waals surface area contributed by atoms with Gasteiger partial charge in [0.15, 0.2) is 0 Å². The van der Waals surface area contributed by atoms with E-state index in [4.69, 9.17) is 16.3 Å². The number of benzene rings is 1. The highest BCUT2D eigenvalue weighted by atomic mass is 35.5. The second-order valence-corrected chi connectivity index (χ2v) is 9.19. The van der Waals surface area contributed by atoms with E-state index in [-0.39, 0.29) is 18.4 Å². The van der Waals surface area contributed by atoms with Gasteiger partial charge in [0.2, 0.25) is 5.91 Å². The highest BCUT2D eigenvalue weighted by Gasteiger charge is 2.64. The van der Waals surface area contributed by atoms with Crippen LogP contribution in [-0.2, 0) is 16.6 Å². The molecular weight excluding hydrogens is 364 g/mol. The van der Waals surface area contributed by atoms with Gasteiger partial charge in [-0.05, 0) is 61.8 Å². The second-order valence-electron chi connectivity index (χ2n) is 8.81. The summed E-state index contributed by atoms with van der Waals surface area (Å²) in [5.41, 5.74) is 0.510. The number of aliphatic hydroxyl groups is 1. The Morgan fingerprint density at radius 2 is 2.19 bits per heavy atom. The molecule has 27 heavy (non-hydrogen) atoms. The Morgan fingerprint density at radius 3 is 2.93 bits per heavy atom. The molecule has 3 atom stereocenters. The Morgan fingerprint density at radius 1 is 1.37 bits per heavy atom. The van der Waals surface area contributed by atoms with Gasteiger partial charge in [-0.15, -0.1) is 0 Å². The first kappa shape index (κ1) is 17.8. The van der Waals surface area contributed by atoms with E-state index in [9.17, 15) is 9.90 Å². The number of nitrogens with one attached hydrogen (secondary N) is 1. The van der Waals surface area contributed by atoms with Crippen LogP contribution in [0.5, 0.6) is 5.75 Å². The third kappa shape index (κ3) is 2.48. The van der Waals surface area contributed by atoms with Crippen molar-refractivity contribution in [2.24, 2.45) is 5.92 Å². The molecule has 2 aliphatic heterocycles. The molecule has 0 radical (unpaired) electrons. The standard InChI is InChI=1S/C21H27ClN2O3/c1-27-15-5-4-14-10-16-21(26)6-8-23-17(25)11-20(21,18(14)19(15)22)7-9-24(16)12-13-2-3-13/h4-5,13,16,26H,2-3,6-12H2,1H3,(H,23,25)/t16-,20-,21-/m1/s1. The SMILES string of the molecule is COc1ccc2c(c1Cl)[C@]13CCN(CC4CC4)[C@H](C2)[C@]1(O)CCNC(=O)C3. The zero-order chi connectivity index (χ0) is 18.8. The van der Waals surface area contributed by atoms with Crippen molar-refractivity contribution in [3.8, 4) is 5.75 Å². The molecule has 2 heterocycles. The van der Waals surface area contributed by atoms with Crippen LogP contribution in [0.3, 0.4) is 0 Å². The maximum Gasteiger partial charge on any atom is 0.221 e. The molecule has 5 rings (SSSR count). The van der Waals surface area contributed by atoms with Crippen molar-refractivity contribution in [1.29, 1.82) is 0 Å². The molecule has 2 bridgehead atoms. The first-order valence-electron chi connectivity index (χ1n) is 10.1. The Hall–Kier alpha value is -1.30. The summed E-state index contributed by atoms with van der Waals surface area (Å²) in [5.74, 6) is 1.40. The average Bonchev–Trinajstić information content (AvgIpc) is 3.44. The fourth-order valence-corrected chi connectivity index (χ4v) is 6.38. The normalized spacial score (nSPS) is 35.7. The lowest BCUT2D eigenvalue weighted by molar-refractivity contribution is -0.153. The number of halogens is 1. The highest BCUT2D eigenvalue weighted by Crippen LogP contribution is 2.58. The molecule has 2 N–H and O–H groups in total. The van der Waals surface area contributed by atoms with Gasteiger partial charge in [0.25, 0.3) is 0 Å². The van der Waals surface area contributed by atoms with Gasteiger partial charge in [-0.3, -0.25) is 9.69 Å². The first-order valence-corrected chi connectivity index (χ1v) is 10.5. The maximum atomic E-state index is 12.6. The Balaban J connectivity index is 1.70. The topological polar surface area (TPSA) is 61.8 Å². The summed E-state index contributed by atoms with van der Waals surface area (Å²) in [7, 11) is 1.61. The van der Waals surface area contributed by atoms with Crippen LogP contribution in [0.4, 0.5) is 0 Å². The van der Waals surface area contributed by atoms with Crippen LogP contribution >= 0.6 is 11.6 Å². The van der Waals surface area contributed by atoms with Crippen LogP contribution in [0, 0.1) is 5.92 Å². The summed E-state index contributed by atoms with van der Waals surface area (Å²) in [5, 5.41) is 15.7. The molecule has 3 fully saturated rings. The van der Waals surface area contributed by atoms with Crippen molar-refractivity contribution in [2.45, 2.75) is 55.6 Å². The van der Waals surface area contributed by atoms with E-state index >= 15 is 0 Å². The third-order valence-corrected chi connectivity index (χ3v) is 7.81. The summed E-state index contributed by atoms with van der Waals surface area (Å²) in [4.78, 5) is 15.1. The van der Waals surface area contributed by atoms with Gasteiger partial charge in [0.1, 0.15) is 5.75 Å². The lowest BCUT2D eigenvalue weighted by Gasteiger charge is -2.61. The third-order valence-electron chi connectivity index (χ3n) is 7.43. The number of carbonyl (C=O) groups excluding carboxylic acids is 1. The van der Waals surface area contributed by atoms with Crippen molar-refractivity contribution in [3.63, 3.8) is 0 Å². The zero-order valence-corrected chi connectivity index (χ0v) is 16.5. The first-order chi connectivity index (χ1) is 13.0. The molecule has 4 aliphatic rings. The van der Waals surface area contributed by atoms with Gasteiger partial charge < -0.3 is 15.2 Å². The van der Waals surface area contributed by atoms with Crippen LogP contribution in [0.15, 0.2) is 12.1 Å². The lowest BCUT2D eigenvalue weighted by Crippen LogP contribution is -2.71. The Kier molecular flexibility index (Phi) is 4.01. The van der Waals surface area contributed by atoms with Crippen molar-refractivity contribution >= 4 is 17.5 Å². The number of nitrogens with zero attached hydrogens (tertiary/aromatic N) is 1. The van der Waals surface area contributed by atoms with E-state index < -0.39 is 11.0 Å². The number of methoxy groups -OCH3 is 1. The molecule has 2 aliphatic carbocycles. The van der Waals surface area contributed by atoms with E-state index in [2.05, 4.69) is 16.3 Å². The van der Waals surface area contributed by atoms with E-state index in [0.29, 0.717) is 23.7 Å². The van der Waals surface area contributed by atoms with Gasteiger partial charge in [0, 0.05) is 31.0 Å². The summed E-state index contributed by atoms with van der Waals surface area (Å²) in [6.45, 7) is 2.48. The number of ether oxygens (including phenoxy) is 1. The molecule has 146 valence electrons. The monoisotopic (exact) mass is 390 g/mol. The fourth-order valence-electron chi connectivity index (χ4n) is 5.93. The predicted molar refractivity (Wildman–Crippen MR) is 103 cm³/mol. The molecule has 0 aromatic heterocycles. The number of likely N-dealkylation sites (tertiary alicyclic amines) is 1. The molecule has 6 heteroatoms. The molecule has 1 aromatic carbocycles. The Labute approximate surface area is 165 Å². The maximum absolute atomic E-state index is 12.6. The number of fused-ring (bicyclic) bond motifs is 1. The summed E-state index contributed by atoms with van der Waals surface area (Å²) >= 11 is 6.80. The molecule has 1 saturated carbocycles. The van der Waals surface area contributed by atoms with Crippen LogP contribution in [0.1, 0.15) is 43.2 Å². The van der Waals surface area contributed by atoms with Crippen molar-refractivity contribution in [2.75, 3.05) is 26.7 Å². The van der Waals surface area contributed by atoms with Crippen LogP contribution in [-0.4, -0.2) is 54.3 Å². The minimum atomic E-state index is -0.956. The van der Waals surface area contributed by atoms with E-state index in [0.717, 1.165) is 43.0 Å². The quantitative estimate of drug-likeness (QED) is 0.831. The lowest BCUT2D eigenvalue weighted by atomic mass is 9.52. The van der Waals surface area contributed by atoms with Crippen LogP contribution in [0.25, 0.3) is 0 Å². The van der Waals surface area contributed by atoms with Crippen molar-refractivity contribution in [1.82, 2.24) is 10.2 Å². The zero-order valence-electron chi connectivity index (χ0n) is 15.8. The van der Waals surface area contributed by atoms with Crippen molar-refractivity contribution in [3.05, 3.63) is 28.3 Å². The predicted octanol–water partition coefficient (Wildman–Crippen LogP) is 2.27. The van der Waals surface area contributed by atoms with E-state index in [1.165, 1.54) is 12.8 Å².